The van der Waals surface area contributed by atoms with Gasteiger partial charge in [0.2, 0.25) is 5.91 Å². The van der Waals surface area contributed by atoms with Crippen molar-refractivity contribution in [2.45, 2.75) is 37.1 Å². The minimum absolute atomic E-state index is 0.152. The van der Waals surface area contributed by atoms with Gasteiger partial charge in [-0.15, -0.1) is 0 Å². The van der Waals surface area contributed by atoms with Gasteiger partial charge in [-0.05, 0) is 26.7 Å². The Morgan fingerprint density at radius 1 is 1.57 bits per heavy atom. The molecule has 1 rings (SSSR count). The van der Waals surface area contributed by atoms with Crippen LogP contribution in [0.25, 0.3) is 0 Å². The zero-order chi connectivity index (χ0) is 10.8. The number of carbonyl (C=O) groups excluding carboxylic acids is 1. The Balaban J connectivity index is 2.56. The third-order valence-electron chi connectivity index (χ3n) is 2.51. The van der Waals surface area contributed by atoms with Gasteiger partial charge >= 0.3 is 0 Å². The Hall–Kier alpha value is -0.0900. The molecule has 1 aliphatic rings. The molecule has 0 spiro atoms. The van der Waals surface area contributed by atoms with E-state index < -0.39 is 4.32 Å². The molecule has 0 saturated carbocycles. The average Bonchev–Trinajstić information content (AvgIpc) is 2.15. The summed E-state index contributed by atoms with van der Waals surface area (Å²) in [6.45, 7) is 5.34. The molecule has 1 atom stereocenters. The first-order chi connectivity index (χ1) is 6.45. The normalized spacial score (nSPS) is 23.7. The van der Waals surface area contributed by atoms with E-state index in [4.69, 9.17) is 4.74 Å². The lowest BCUT2D eigenvalue weighted by Crippen LogP contribution is -2.48. The Bertz CT molecular complexity index is 213. The fourth-order valence-electron chi connectivity index (χ4n) is 1.69. The average molecular weight is 264 g/mol. The summed E-state index contributed by atoms with van der Waals surface area (Å²) < 4.78 is 4.82. The molecule has 3 nitrogen and oxygen atoms in total. The fourth-order valence-corrected chi connectivity index (χ4v) is 1.94. The van der Waals surface area contributed by atoms with E-state index >= 15 is 0 Å². The van der Waals surface area contributed by atoms with Gasteiger partial charge in [0.25, 0.3) is 0 Å². The number of alkyl halides is 1. The molecule has 0 bridgehead atoms. The molecule has 0 aromatic carbocycles. The molecule has 0 aromatic heterocycles. The summed E-state index contributed by atoms with van der Waals surface area (Å²) >= 11 is 3.39. The van der Waals surface area contributed by atoms with Crippen LogP contribution in [-0.2, 0) is 9.53 Å². The summed E-state index contributed by atoms with van der Waals surface area (Å²) in [4.78, 5) is 13.8. The number of halogens is 1. The lowest BCUT2D eigenvalue weighted by atomic mass is 10.1. The maximum atomic E-state index is 11.9. The minimum Gasteiger partial charge on any atom is -0.380 e. The number of likely N-dealkylation sites (tertiary alicyclic amines) is 1. The first-order valence-electron chi connectivity index (χ1n) is 4.96. The van der Waals surface area contributed by atoms with Crippen LogP contribution in [0.4, 0.5) is 0 Å². The van der Waals surface area contributed by atoms with Crippen LogP contribution in [0.3, 0.4) is 0 Å². The molecular weight excluding hydrogens is 246 g/mol. The van der Waals surface area contributed by atoms with Crippen molar-refractivity contribution < 1.29 is 9.53 Å². The second-order valence-electron chi connectivity index (χ2n) is 4.22. The van der Waals surface area contributed by atoms with Crippen molar-refractivity contribution in [1.29, 1.82) is 0 Å². The van der Waals surface area contributed by atoms with Crippen molar-refractivity contribution >= 4 is 21.8 Å². The van der Waals surface area contributed by atoms with Crippen molar-refractivity contribution in [3.8, 4) is 0 Å². The van der Waals surface area contributed by atoms with Gasteiger partial charge < -0.3 is 9.64 Å². The first kappa shape index (κ1) is 12.0. The summed E-state index contributed by atoms with van der Waals surface area (Å²) in [5, 5.41) is 0. The molecule has 1 fully saturated rings. The Kier molecular flexibility index (Phi) is 3.95. The standard InChI is InChI=1S/C10H18BrNO2/c1-10(2,11)9(13)12-6-4-5-8(7-12)14-3/h8H,4-7H2,1-3H3. The van der Waals surface area contributed by atoms with Crippen LogP contribution in [-0.4, -0.2) is 41.4 Å². The molecule has 4 heteroatoms. The molecule has 1 amide bonds. The van der Waals surface area contributed by atoms with Crippen LogP contribution in [0.1, 0.15) is 26.7 Å². The highest BCUT2D eigenvalue weighted by Gasteiger charge is 2.32. The van der Waals surface area contributed by atoms with Crippen molar-refractivity contribution in [3.63, 3.8) is 0 Å². The fraction of sp³-hybridized carbons (Fsp3) is 0.900. The quantitative estimate of drug-likeness (QED) is 0.712. The SMILES string of the molecule is COC1CCCN(C(=O)C(C)(C)Br)C1. The number of piperidine rings is 1. The number of hydrogen-bond donors (Lipinski definition) is 0. The monoisotopic (exact) mass is 263 g/mol. The van der Waals surface area contributed by atoms with Crippen LogP contribution in [0.15, 0.2) is 0 Å². The molecular formula is C10H18BrNO2. The lowest BCUT2D eigenvalue weighted by molar-refractivity contribution is -0.136. The van der Waals surface area contributed by atoms with E-state index in [1.807, 2.05) is 18.7 Å². The number of ether oxygens (including phenoxy) is 1. The Morgan fingerprint density at radius 3 is 2.71 bits per heavy atom. The molecule has 14 heavy (non-hydrogen) atoms. The highest BCUT2D eigenvalue weighted by atomic mass is 79.9. The Labute approximate surface area is 93.9 Å². The Morgan fingerprint density at radius 2 is 2.21 bits per heavy atom. The third kappa shape index (κ3) is 2.95. The molecule has 1 heterocycles. The largest absolute Gasteiger partial charge is 0.380 e. The predicted molar refractivity (Wildman–Crippen MR) is 59.6 cm³/mol. The van der Waals surface area contributed by atoms with E-state index in [2.05, 4.69) is 15.9 Å². The molecule has 1 aliphatic heterocycles. The maximum Gasteiger partial charge on any atom is 0.238 e. The smallest absolute Gasteiger partial charge is 0.238 e. The van der Waals surface area contributed by atoms with E-state index in [-0.39, 0.29) is 12.0 Å². The number of hydrogen-bond acceptors (Lipinski definition) is 2. The van der Waals surface area contributed by atoms with Crippen LogP contribution in [0.2, 0.25) is 0 Å². The maximum absolute atomic E-state index is 11.9. The van der Waals surface area contributed by atoms with Gasteiger partial charge in [-0.25, -0.2) is 0 Å². The van der Waals surface area contributed by atoms with Gasteiger partial charge in [0.15, 0.2) is 0 Å². The zero-order valence-corrected chi connectivity index (χ0v) is 10.6. The minimum atomic E-state index is -0.456. The van der Waals surface area contributed by atoms with Crippen molar-refractivity contribution in [3.05, 3.63) is 0 Å². The summed E-state index contributed by atoms with van der Waals surface area (Å²) in [6.07, 6.45) is 2.30. The van der Waals surface area contributed by atoms with Crippen LogP contribution in [0.5, 0.6) is 0 Å². The van der Waals surface area contributed by atoms with Crippen molar-refractivity contribution in [2.75, 3.05) is 20.2 Å². The van der Waals surface area contributed by atoms with Crippen LogP contribution < -0.4 is 0 Å². The predicted octanol–water partition coefficient (Wildman–Crippen LogP) is 1.80. The van der Waals surface area contributed by atoms with Crippen LogP contribution >= 0.6 is 15.9 Å². The van der Waals surface area contributed by atoms with Crippen molar-refractivity contribution in [1.82, 2.24) is 4.90 Å². The number of amides is 1. The van der Waals surface area contributed by atoms with Crippen LogP contribution in [0, 0.1) is 0 Å². The molecule has 0 aliphatic carbocycles. The molecule has 1 saturated heterocycles. The molecule has 0 radical (unpaired) electrons. The molecule has 82 valence electrons. The zero-order valence-electron chi connectivity index (χ0n) is 9.05. The topological polar surface area (TPSA) is 29.5 Å². The molecule has 0 aromatic rings. The first-order valence-corrected chi connectivity index (χ1v) is 5.75. The van der Waals surface area contributed by atoms with Crippen molar-refractivity contribution in [2.24, 2.45) is 0 Å². The van der Waals surface area contributed by atoms with E-state index in [0.717, 1.165) is 25.9 Å². The number of methoxy groups -OCH3 is 1. The van der Waals surface area contributed by atoms with E-state index in [9.17, 15) is 4.79 Å². The highest BCUT2D eigenvalue weighted by Crippen LogP contribution is 2.22. The van der Waals surface area contributed by atoms with Gasteiger partial charge in [0, 0.05) is 20.2 Å². The molecule has 1 unspecified atom stereocenters. The van der Waals surface area contributed by atoms with E-state index in [1.165, 1.54) is 0 Å². The number of rotatable bonds is 2. The summed E-state index contributed by atoms with van der Waals surface area (Å²) in [6, 6.07) is 0. The summed E-state index contributed by atoms with van der Waals surface area (Å²) in [5.41, 5.74) is 0. The third-order valence-corrected chi connectivity index (χ3v) is 2.85. The highest BCUT2D eigenvalue weighted by molar-refractivity contribution is 9.10. The van der Waals surface area contributed by atoms with E-state index in [0.29, 0.717) is 0 Å². The van der Waals surface area contributed by atoms with Gasteiger partial charge in [-0.2, -0.15) is 0 Å². The second kappa shape index (κ2) is 4.62. The summed E-state index contributed by atoms with van der Waals surface area (Å²) in [7, 11) is 1.71. The van der Waals surface area contributed by atoms with Gasteiger partial charge in [0.05, 0.1) is 10.4 Å². The lowest BCUT2D eigenvalue weighted by Gasteiger charge is -2.35. The van der Waals surface area contributed by atoms with Gasteiger partial charge in [0.1, 0.15) is 0 Å². The van der Waals surface area contributed by atoms with Gasteiger partial charge in [-0.1, -0.05) is 15.9 Å². The summed E-state index contributed by atoms with van der Waals surface area (Å²) in [5.74, 6) is 0.152. The number of nitrogens with zero attached hydrogens (tertiary/aromatic N) is 1. The van der Waals surface area contributed by atoms with Gasteiger partial charge in [-0.3, -0.25) is 4.79 Å². The van der Waals surface area contributed by atoms with E-state index in [1.54, 1.807) is 7.11 Å². The number of carbonyl (C=O) groups is 1. The molecule has 0 N–H and O–H groups in total. The second-order valence-corrected chi connectivity index (χ2v) is 6.21.